The summed E-state index contributed by atoms with van der Waals surface area (Å²) in [6.07, 6.45) is 12.8. The monoisotopic (exact) mass is 236 g/mol. The molecule has 3 heteroatoms. The number of hydrogen-bond donors (Lipinski definition) is 0. The summed E-state index contributed by atoms with van der Waals surface area (Å²) < 4.78 is 1.82. The van der Waals surface area contributed by atoms with Gasteiger partial charge in [-0.25, -0.2) is 4.98 Å². The number of nitrogens with zero attached hydrogens (tertiary/aromatic N) is 2. The zero-order chi connectivity index (χ0) is 12.5. The van der Waals surface area contributed by atoms with Crippen LogP contribution in [-0.2, 0) is 7.05 Å². The number of Topliss-reactive ketones (excluding diaryl/α,β-unsaturated/α-hetero) is 1. The molecule has 0 aromatic carbocycles. The van der Waals surface area contributed by atoms with E-state index in [1.807, 2.05) is 11.6 Å². The number of imidazole rings is 1. The third-order valence-corrected chi connectivity index (χ3v) is 3.00. The highest BCUT2D eigenvalue weighted by Gasteiger charge is 2.07. The fourth-order valence-corrected chi connectivity index (χ4v) is 1.93. The second-order valence-electron chi connectivity index (χ2n) is 4.72. The highest BCUT2D eigenvalue weighted by molar-refractivity contribution is 5.93. The molecule has 0 aliphatic heterocycles. The molecule has 1 aromatic heterocycles. The molecule has 0 saturated heterocycles. The van der Waals surface area contributed by atoms with Crippen LogP contribution in [0.15, 0.2) is 12.5 Å². The SMILES string of the molecule is CCCCCCCCCC(=O)c1cn(C)cn1. The molecular weight excluding hydrogens is 212 g/mol. The van der Waals surface area contributed by atoms with Gasteiger partial charge in [-0.1, -0.05) is 45.4 Å². The van der Waals surface area contributed by atoms with Crippen LogP contribution in [0.2, 0.25) is 0 Å². The molecule has 0 aliphatic carbocycles. The van der Waals surface area contributed by atoms with E-state index in [-0.39, 0.29) is 5.78 Å². The second-order valence-corrected chi connectivity index (χ2v) is 4.72. The molecule has 0 aliphatic rings. The Kier molecular flexibility index (Phi) is 6.60. The molecule has 0 saturated carbocycles. The summed E-state index contributed by atoms with van der Waals surface area (Å²) in [5, 5.41) is 0. The van der Waals surface area contributed by atoms with Gasteiger partial charge in [0, 0.05) is 19.7 Å². The minimum absolute atomic E-state index is 0.180. The number of unbranched alkanes of at least 4 members (excludes halogenated alkanes) is 6. The maximum absolute atomic E-state index is 11.7. The molecule has 0 radical (unpaired) electrons. The molecule has 0 unspecified atom stereocenters. The van der Waals surface area contributed by atoms with Crippen molar-refractivity contribution in [2.24, 2.45) is 7.05 Å². The largest absolute Gasteiger partial charge is 0.340 e. The summed E-state index contributed by atoms with van der Waals surface area (Å²) >= 11 is 0. The van der Waals surface area contributed by atoms with E-state index in [0.717, 1.165) is 6.42 Å². The van der Waals surface area contributed by atoms with Crippen molar-refractivity contribution < 1.29 is 4.79 Å². The first kappa shape index (κ1) is 13.9. The topological polar surface area (TPSA) is 34.9 Å². The van der Waals surface area contributed by atoms with Gasteiger partial charge in [-0.2, -0.15) is 0 Å². The summed E-state index contributed by atoms with van der Waals surface area (Å²) in [5.41, 5.74) is 0.610. The van der Waals surface area contributed by atoms with Crippen molar-refractivity contribution >= 4 is 5.78 Å². The lowest BCUT2D eigenvalue weighted by molar-refractivity contribution is 0.0974. The van der Waals surface area contributed by atoms with Crippen LogP contribution in [0.1, 0.15) is 68.8 Å². The van der Waals surface area contributed by atoms with E-state index in [9.17, 15) is 4.79 Å². The van der Waals surface area contributed by atoms with Gasteiger partial charge in [-0.15, -0.1) is 0 Å². The molecule has 0 amide bonds. The van der Waals surface area contributed by atoms with Gasteiger partial charge < -0.3 is 4.57 Å². The second kappa shape index (κ2) is 8.04. The van der Waals surface area contributed by atoms with Crippen molar-refractivity contribution in [1.82, 2.24) is 9.55 Å². The Morgan fingerprint density at radius 2 is 1.82 bits per heavy atom. The normalized spacial score (nSPS) is 10.7. The van der Waals surface area contributed by atoms with E-state index in [2.05, 4.69) is 11.9 Å². The van der Waals surface area contributed by atoms with E-state index < -0.39 is 0 Å². The lowest BCUT2D eigenvalue weighted by Crippen LogP contribution is -1.99. The summed E-state index contributed by atoms with van der Waals surface area (Å²) in [6, 6.07) is 0. The predicted octanol–water partition coefficient (Wildman–Crippen LogP) is 3.74. The van der Waals surface area contributed by atoms with Gasteiger partial charge >= 0.3 is 0 Å². The first-order valence-corrected chi connectivity index (χ1v) is 6.75. The first-order chi connectivity index (χ1) is 8.24. The standard InChI is InChI=1S/C14H24N2O/c1-3-4-5-6-7-8-9-10-14(17)13-11-16(2)12-15-13/h11-12H,3-10H2,1-2H3. The van der Waals surface area contributed by atoms with Crippen LogP contribution in [0, 0.1) is 0 Å². The van der Waals surface area contributed by atoms with Crippen LogP contribution in [0.3, 0.4) is 0 Å². The molecule has 3 nitrogen and oxygen atoms in total. The number of rotatable bonds is 9. The molecule has 1 heterocycles. The molecule has 0 spiro atoms. The molecule has 1 aromatic rings. The van der Waals surface area contributed by atoms with Crippen molar-refractivity contribution in [1.29, 1.82) is 0 Å². The van der Waals surface area contributed by atoms with Crippen LogP contribution in [0.4, 0.5) is 0 Å². The van der Waals surface area contributed by atoms with Crippen LogP contribution in [0.25, 0.3) is 0 Å². The van der Waals surface area contributed by atoms with Crippen molar-refractivity contribution in [2.75, 3.05) is 0 Å². The third kappa shape index (κ3) is 5.66. The molecule has 1 rings (SSSR count). The highest BCUT2D eigenvalue weighted by Crippen LogP contribution is 2.10. The number of aromatic nitrogens is 2. The smallest absolute Gasteiger partial charge is 0.182 e. The van der Waals surface area contributed by atoms with E-state index in [1.165, 1.54) is 38.5 Å². The van der Waals surface area contributed by atoms with Crippen LogP contribution >= 0.6 is 0 Å². The van der Waals surface area contributed by atoms with Crippen LogP contribution in [0.5, 0.6) is 0 Å². The molecule has 96 valence electrons. The number of aryl methyl sites for hydroxylation is 1. The summed E-state index contributed by atoms with van der Waals surface area (Å²) in [5.74, 6) is 0.180. The van der Waals surface area contributed by atoms with Gasteiger partial charge in [-0.3, -0.25) is 4.79 Å². The van der Waals surface area contributed by atoms with Gasteiger partial charge in [0.25, 0.3) is 0 Å². The van der Waals surface area contributed by atoms with E-state index in [4.69, 9.17) is 0 Å². The van der Waals surface area contributed by atoms with Crippen LogP contribution < -0.4 is 0 Å². The molecule has 0 N–H and O–H groups in total. The van der Waals surface area contributed by atoms with Crippen molar-refractivity contribution in [3.8, 4) is 0 Å². The van der Waals surface area contributed by atoms with Crippen molar-refractivity contribution in [2.45, 2.75) is 58.3 Å². The maximum atomic E-state index is 11.7. The van der Waals surface area contributed by atoms with E-state index >= 15 is 0 Å². The Morgan fingerprint density at radius 1 is 1.18 bits per heavy atom. The summed E-state index contributed by atoms with van der Waals surface area (Å²) in [4.78, 5) is 15.8. The average Bonchev–Trinajstić information content (AvgIpc) is 2.74. The van der Waals surface area contributed by atoms with Crippen molar-refractivity contribution in [3.05, 3.63) is 18.2 Å². The predicted molar refractivity (Wildman–Crippen MR) is 70.1 cm³/mol. The maximum Gasteiger partial charge on any atom is 0.182 e. The summed E-state index contributed by atoms with van der Waals surface area (Å²) in [7, 11) is 1.89. The molecular formula is C14H24N2O. The molecule has 0 fully saturated rings. The Hall–Kier alpha value is -1.12. The minimum Gasteiger partial charge on any atom is -0.340 e. The van der Waals surface area contributed by atoms with Gasteiger partial charge in [0.2, 0.25) is 0 Å². The number of carbonyl (C=O) groups is 1. The highest BCUT2D eigenvalue weighted by atomic mass is 16.1. The third-order valence-electron chi connectivity index (χ3n) is 3.00. The number of carbonyl (C=O) groups excluding carboxylic acids is 1. The zero-order valence-corrected chi connectivity index (χ0v) is 11.1. The fraction of sp³-hybridized carbons (Fsp3) is 0.714. The Morgan fingerprint density at radius 3 is 2.41 bits per heavy atom. The minimum atomic E-state index is 0.180. The quantitative estimate of drug-likeness (QED) is 0.483. The lowest BCUT2D eigenvalue weighted by atomic mass is 10.1. The van der Waals surface area contributed by atoms with Gasteiger partial charge in [0.05, 0.1) is 6.33 Å². The lowest BCUT2D eigenvalue weighted by Gasteiger charge is -2.00. The van der Waals surface area contributed by atoms with Gasteiger partial charge in [0.1, 0.15) is 5.69 Å². The summed E-state index contributed by atoms with van der Waals surface area (Å²) in [6.45, 7) is 2.23. The molecule has 0 bridgehead atoms. The van der Waals surface area contributed by atoms with Crippen molar-refractivity contribution in [3.63, 3.8) is 0 Å². The fourth-order valence-electron chi connectivity index (χ4n) is 1.93. The van der Waals surface area contributed by atoms with E-state index in [0.29, 0.717) is 12.1 Å². The average molecular weight is 236 g/mol. The van der Waals surface area contributed by atoms with Gasteiger partial charge in [-0.05, 0) is 6.42 Å². The Labute approximate surface area is 104 Å². The zero-order valence-electron chi connectivity index (χ0n) is 11.1. The van der Waals surface area contributed by atoms with Crippen LogP contribution in [-0.4, -0.2) is 15.3 Å². The Balaban J connectivity index is 2.05. The molecule has 17 heavy (non-hydrogen) atoms. The molecule has 0 atom stereocenters. The number of hydrogen-bond acceptors (Lipinski definition) is 2. The Bertz CT molecular complexity index is 331. The van der Waals surface area contributed by atoms with E-state index in [1.54, 1.807) is 12.5 Å². The first-order valence-electron chi connectivity index (χ1n) is 6.75. The number of ketones is 1. The van der Waals surface area contributed by atoms with Gasteiger partial charge in [0.15, 0.2) is 5.78 Å².